The molecule has 2 atom stereocenters. The molecule has 0 saturated heterocycles. The van der Waals surface area contributed by atoms with Gasteiger partial charge in [-0.2, -0.15) is 0 Å². The van der Waals surface area contributed by atoms with Gasteiger partial charge in [-0.25, -0.2) is 5.43 Å². The van der Waals surface area contributed by atoms with Gasteiger partial charge in [-0.3, -0.25) is 4.79 Å². The van der Waals surface area contributed by atoms with Gasteiger partial charge in [0.2, 0.25) is 0 Å². The normalized spacial score (nSPS) is 13.1. The highest BCUT2D eigenvalue weighted by atomic mass is 16.4. The van der Waals surface area contributed by atoms with E-state index in [4.69, 9.17) is 0 Å². The number of aryl methyl sites for hydroxylation is 1. The SMILES string of the molecule is C=C(CC(NNc1ccc(C)cc1)C(=O)O)C(O)c1ccccc1. The van der Waals surface area contributed by atoms with Gasteiger partial charge in [0.1, 0.15) is 6.04 Å². The van der Waals surface area contributed by atoms with Crippen molar-refractivity contribution in [2.24, 2.45) is 0 Å². The minimum absolute atomic E-state index is 0.101. The predicted octanol–water partition coefficient (Wildman–Crippen LogP) is 3.04. The van der Waals surface area contributed by atoms with Crippen LogP contribution in [0.5, 0.6) is 0 Å². The Morgan fingerprint density at radius 1 is 1.12 bits per heavy atom. The van der Waals surface area contributed by atoms with Crippen molar-refractivity contribution in [2.75, 3.05) is 5.43 Å². The zero-order chi connectivity index (χ0) is 17.5. The molecule has 0 radical (unpaired) electrons. The number of rotatable bonds is 8. The highest BCUT2D eigenvalue weighted by Crippen LogP contribution is 2.23. The van der Waals surface area contributed by atoms with Crippen LogP contribution in [-0.2, 0) is 4.79 Å². The number of carboxylic acid groups (broad SMARTS) is 1. The summed E-state index contributed by atoms with van der Waals surface area (Å²) >= 11 is 0. The summed E-state index contributed by atoms with van der Waals surface area (Å²) in [6.45, 7) is 5.82. The molecule has 0 spiro atoms. The van der Waals surface area contributed by atoms with Gasteiger partial charge in [-0.1, -0.05) is 54.6 Å². The molecule has 5 heteroatoms. The van der Waals surface area contributed by atoms with Crippen molar-refractivity contribution in [1.29, 1.82) is 0 Å². The number of anilines is 1. The highest BCUT2D eigenvalue weighted by Gasteiger charge is 2.22. The van der Waals surface area contributed by atoms with Gasteiger partial charge < -0.3 is 15.6 Å². The molecule has 4 N–H and O–H groups in total. The maximum atomic E-state index is 11.4. The van der Waals surface area contributed by atoms with E-state index in [1.165, 1.54) is 0 Å². The largest absolute Gasteiger partial charge is 0.480 e. The first-order valence-electron chi connectivity index (χ1n) is 7.69. The topological polar surface area (TPSA) is 81.6 Å². The van der Waals surface area contributed by atoms with Gasteiger partial charge in [0.25, 0.3) is 0 Å². The summed E-state index contributed by atoms with van der Waals surface area (Å²) in [5.41, 5.74) is 8.67. The average molecular weight is 326 g/mol. The lowest BCUT2D eigenvalue weighted by atomic mass is 9.97. The number of aliphatic carboxylic acids is 1. The lowest BCUT2D eigenvalue weighted by Crippen LogP contribution is -2.40. The van der Waals surface area contributed by atoms with Gasteiger partial charge >= 0.3 is 5.97 Å². The molecule has 0 amide bonds. The summed E-state index contributed by atoms with van der Waals surface area (Å²) in [6.07, 6.45) is -0.793. The summed E-state index contributed by atoms with van der Waals surface area (Å²) in [6, 6.07) is 15.7. The van der Waals surface area contributed by atoms with E-state index in [0.29, 0.717) is 11.1 Å². The Balaban J connectivity index is 1.96. The molecule has 5 nitrogen and oxygen atoms in total. The molecule has 24 heavy (non-hydrogen) atoms. The lowest BCUT2D eigenvalue weighted by Gasteiger charge is -2.20. The van der Waals surface area contributed by atoms with E-state index < -0.39 is 18.1 Å². The molecule has 0 saturated carbocycles. The van der Waals surface area contributed by atoms with Crippen molar-refractivity contribution >= 4 is 11.7 Å². The molecule has 2 aromatic carbocycles. The van der Waals surface area contributed by atoms with Crippen molar-refractivity contribution in [3.8, 4) is 0 Å². The molecule has 0 aliphatic rings. The second-order valence-corrected chi connectivity index (χ2v) is 5.70. The Morgan fingerprint density at radius 2 is 1.75 bits per heavy atom. The summed E-state index contributed by atoms with van der Waals surface area (Å²) in [5.74, 6) is -1.02. The minimum Gasteiger partial charge on any atom is -0.480 e. The molecule has 0 aromatic heterocycles. The Bertz CT molecular complexity index is 684. The second kappa shape index (κ2) is 8.29. The fourth-order valence-corrected chi connectivity index (χ4v) is 2.25. The van der Waals surface area contributed by atoms with Crippen LogP contribution in [0.1, 0.15) is 23.7 Å². The van der Waals surface area contributed by atoms with E-state index in [0.717, 1.165) is 11.3 Å². The van der Waals surface area contributed by atoms with E-state index in [2.05, 4.69) is 17.4 Å². The van der Waals surface area contributed by atoms with Crippen molar-refractivity contribution in [3.63, 3.8) is 0 Å². The number of hydrogen-bond acceptors (Lipinski definition) is 4. The van der Waals surface area contributed by atoms with Crippen LogP contribution >= 0.6 is 0 Å². The summed E-state index contributed by atoms with van der Waals surface area (Å²) < 4.78 is 0. The van der Waals surface area contributed by atoms with Crippen LogP contribution in [0.15, 0.2) is 66.7 Å². The molecule has 2 aromatic rings. The Morgan fingerprint density at radius 3 is 2.33 bits per heavy atom. The molecular weight excluding hydrogens is 304 g/mol. The Labute approximate surface area is 141 Å². The second-order valence-electron chi connectivity index (χ2n) is 5.70. The predicted molar refractivity (Wildman–Crippen MR) is 94.5 cm³/mol. The summed E-state index contributed by atoms with van der Waals surface area (Å²) in [4.78, 5) is 11.4. The molecule has 0 aliphatic carbocycles. The molecule has 0 heterocycles. The first-order chi connectivity index (χ1) is 11.5. The first-order valence-corrected chi connectivity index (χ1v) is 7.69. The molecule has 2 unspecified atom stereocenters. The number of aliphatic hydroxyl groups excluding tert-OH is 1. The maximum absolute atomic E-state index is 11.4. The third-order valence-electron chi connectivity index (χ3n) is 3.71. The van der Waals surface area contributed by atoms with Crippen LogP contribution in [0.3, 0.4) is 0 Å². The van der Waals surface area contributed by atoms with Crippen molar-refractivity contribution < 1.29 is 15.0 Å². The fraction of sp³-hybridized carbons (Fsp3) is 0.211. The van der Waals surface area contributed by atoms with Crippen molar-refractivity contribution in [3.05, 3.63) is 77.9 Å². The minimum atomic E-state index is -1.02. The molecule has 0 fully saturated rings. The van der Waals surface area contributed by atoms with E-state index in [-0.39, 0.29) is 6.42 Å². The number of aliphatic hydroxyl groups is 1. The van der Waals surface area contributed by atoms with Crippen LogP contribution in [0.25, 0.3) is 0 Å². The lowest BCUT2D eigenvalue weighted by molar-refractivity contribution is -0.139. The maximum Gasteiger partial charge on any atom is 0.322 e. The average Bonchev–Trinajstić information content (AvgIpc) is 2.59. The Hall–Kier alpha value is -2.63. The van der Waals surface area contributed by atoms with Crippen LogP contribution in [0.4, 0.5) is 5.69 Å². The van der Waals surface area contributed by atoms with Gasteiger partial charge in [0.05, 0.1) is 6.10 Å². The van der Waals surface area contributed by atoms with E-state index in [1.807, 2.05) is 49.4 Å². The number of carbonyl (C=O) groups is 1. The zero-order valence-corrected chi connectivity index (χ0v) is 13.6. The third-order valence-corrected chi connectivity index (χ3v) is 3.71. The highest BCUT2D eigenvalue weighted by molar-refractivity contribution is 5.74. The van der Waals surface area contributed by atoms with Gasteiger partial charge in [0, 0.05) is 5.69 Å². The number of hydrazine groups is 1. The summed E-state index contributed by atoms with van der Waals surface area (Å²) in [5, 5.41) is 19.7. The smallest absolute Gasteiger partial charge is 0.322 e. The Kier molecular flexibility index (Phi) is 6.12. The first kappa shape index (κ1) is 17.7. The molecule has 2 rings (SSSR count). The summed E-state index contributed by atoms with van der Waals surface area (Å²) in [7, 11) is 0. The van der Waals surface area contributed by atoms with Gasteiger partial charge in [-0.05, 0) is 36.6 Å². The van der Waals surface area contributed by atoms with Crippen molar-refractivity contribution in [2.45, 2.75) is 25.5 Å². The van der Waals surface area contributed by atoms with Gasteiger partial charge in [-0.15, -0.1) is 0 Å². The van der Waals surface area contributed by atoms with Crippen LogP contribution in [0.2, 0.25) is 0 Å². The zero-order valence-electron chi connectivity index (χ0n) is 13.6. The van der Waals surface area contributed by atoms with E-state index >= 15 is 0 Å². The quantitative estimate of drug-likeness (QED) is 0.443. The molecule has 0 bridgehead atoms. The van der Waals surface area contributed by atoms with Gasteiger partial charge in [0.15, 0.2) is 0 Å². The number of benzene rings is 2. The fourth-order valence-electron chi connectivity index (χ4n) is 2.25. The number of carboxylic acids is 1. The van der Waals surface area contributed by atoms with Crippen LogP contribution in [0, 0.1) is 6.92 Å². The monoisotopic (exact) mass is 326 g/mol. The number of nitrogens with one attached hydrogen (secondary N) is 2. The van der Waals surface area contributed by atoms with E-state index in [9.17, 15) is 15.0 Å². The van der Waals surface area contributed by atoms with Crippen LogP contribution in [-0.4, -0.2) is 22.2 Å². The third kappa shape index (κ3) is 4.94. The van der Waals surface area contributed by atoms with E-state index in [1.54, 1.807) is 12.1 Å². The molecular formula is C19H22N2O3. The number of hydrogen-bond donors (Lipinski definition) is 4. The molecule has 0 aliphatic heterocycles. The van der Waals surface area contributed by atoms with Crippen LogP contribution < -0.4 is 10.9 Å². The standard InChI is InChI=1S/C19H22N2O3/c1-13-8-10-16(11-9-13)20-21-17(19(23)24)12-14(2)18(22)15-6-4-3-5-7-15/h3-11,17-18,20-22H,2,12H2,1H3,(H,23,24). The molecule has 126 valence electrons. The van der Waals surface area contributed by atoms with Crippen molar-refractivity contribution in [1.82, 2.24) is 5.43 Å².